The molecule has 0 aliphatic carbocycles. The third-order valence-electron chi connectivity index (χ3n) is 4.04. The van der Waals surface area contributed by atoms with Crippen LogP contribution in [0, 0.1) is 0 Å². The average Bonchev–Trinajstić information content (AvgIpc) is 3.24. The van der Waals surface area contributed by atoms with Gasteiger partial charge in [0.2, 0.25) is 0 Å². The van der Waals surface area contributed by atoms with Crippen molar-refractivity contribution in [2.24, 2.45) is 10.9 Å². The normalized spacial score (nSPS) is 11.8. The van der Waals surface area contributed by atoms with Crippen molar-refractivity contribution in [2.75, 3.05) is 7.11 Å². The summed E-state index contributed by atoms with van der Waals surface area (Å²) >= 11 is 5.93. The van der Waals surface area contributed by atoms with Gasteiger partial charge in [-0.2, -0.15) is 18.3 Å². The van der Waals surface area contributed by atoms with Crippen LogP contribution in [0.25, 0.3) is 0 Å². The van der Waals surface area contributed by atoms with Crippen molar-refractivity contribution in [3.63, 3.8) is 0 Å². The van der Waals surface area contributed by atoms with E-state index in [9.17, 15) is 18.0 Å². The molecule has 2 aromatic carbocycles. The van der Waals surface area contributed by atoms with Gasteiger partial charge in [-0.1, -0.05) is 22.8 Å². The Labute approximate surface area is 184 Å². The lowest BCUT2D eigenvalue weighted by molar-refractivity contribution is -0.137. The van der Waals surface area contributed by atoms with Crippen molar-refractivity contribution in [3.05, 3.63) is 76.6 Å². The molecule has 0 aliphatic rings. The molecule has 32 heavy (non-hydrogen) atoms. The number of alkyl halides is 3. The van der Waals surface area contributed by atoms with Crippen LogP contribution in [0.4, 0.5) is 13.2 Å². The topological polar surface area (TPSA) is 101 Å². The van der Waals surface area contributed by atoms with E-state index in [4.69, 9.17) is 31.6 Å². The fourth-order valence-electron chi connectivity index (χ4n) is 2.51. The Morgan fingerprint density at radius 3 is 2.72 bits per heavy atom. The number of oxime groups is 1. The third-order valence-corrected chi connectivity index (χ3v) is 4.27. The summed E-state index contributed by atoms with van der Waals surface area (Å²) in [5, 5.41) is 7.89. The Bertz CT molecular complexity index is 1150. The van der Waals surface area contributed by atoms with Crippen LogP contribution in [0.3, 0.4) is 0 Å². The lowest BCUT2D eigenvalue weighted by Gasteiger charge is -2.10. The van der Waals surface area contributed by atoms with Crippen LogP contribution >= 0.6 is 11.6 Å². The van der Waals surface area contributed by atoms with Crippen molar-refractivity contribution in [1.29, 1.82) is 0 Å². The van der Waals surface area contributed by atoms with Crippen molar-refractivity contribution in [2.45, 2.75) is 12.9 Å². The van der Waals surface area contributed by atoms with Crippen LogP contribution in [0.1, 0.15) is 21.6 Å². The van der Waals surface area contributed by atoms with Gasteiger partial charge in [-0.3, -0.25) is 0 Å². The molecule has 0 fully saturated rings. The summed E-state index contributed by atoms with van der Waals surface area (Å²) in [6.45, 7) is -0.236. The van der Waals surface area contributed by atoms with Gasteiger partial charge in [0.1, 0.15) is 11.5 Å². The zero-order valence-electron chi connectivity index (χ0n) is 16.5. The molecule has 0 atom stereocenters. The summed E-state index contributed by atoms with van der Waals surface area (Å²) in [6.07, 6.45) is -3.10. The van der Waals surface area contributed by atoms with Crippen LogP contribution < -0.4 is 15.2 Å². The van der Waals surface area contributed by atoms with E-state index in [1.165, 1.54) is 42.3 Å². The predicted octanol–water partition coefficient (Wildman–Crippen LogP) is 4.08. The van der Waals surface area contributed by atoms with Crippen LogP contribution in [0.15, 0.2) is 59.9 Å². The van der Waals surface area contributed by atoms with Crippen LogP contribution in [0.2, 0.25) is 5.02 Å². The van der Waals surface area contributed by atoms with E-state index >= 15 is 0 Å². The molecule has 0 spiro atoms. The number of carbonyl (C=O) groups excluding carboxylic acids is 1. The van der Waals surface area contributed by atoms with E-state index < -0.39 is 17.7 Å². The SMILES string of the molecule is COc1ccc(Cl)cc1/C(N)=N/OC(=O)c1ccn(COc2cccc(C(F)(F)F)c2)n1. The van der Waals surface area contributed by atoms with Gasteiger partial charge in [0.25, 0.3) is 0 Å². The van der Waals surface area contributed by atoms with Gasteiger partial charge in [0.15, 0.2) is 18.3 Å². The van der Waals surface area contributed by atoms with Gasteiger partial charge in [0, 0.05) is 11.2 Å². The fourth-order valence-corrected chi connectivity index (χ4v) is 2.68. The fraction of sp³-hybridized carbons (Fsp3) is 0.150. The number of ether oxygens (including phenoxy) is 2. The number of aromatic nitrogens is 2. The molecule has 0 aliphatic heterocycles. The Morgan fingerprint density at radius 1 is 1.22 bits per heavy atom. The first-order valence-corrected chi connectivity index (χ1v) is 9.27. The maximum atomic E-state index is 12.8. The maximum Gasteiger partial charge on any atom is 0.416 e. The van der Waals surface area contributed by atoms with Gasteiger partial charge in [-0.25, -0.2) is 9.48 Å². The van der Waals surface area contributed by atoms with Gasteiger partial charge < -0.3 is 20.0 Å². The van der Waals surface area contributed by atoms with E-state index in [0.29, 0.717) is 16.3 Å². The lowest BCUT2D eigenvalue weighted by Crippen LogP contribution is -2.16. The maximum absolute atomic E-state index is 12.8. The number of nitrogens with two attached hydrogens (primary N) is 1. The highest BCUT2D eigenvalue weighted by molar-refractivity contribution is 6.31. The minimum absolute atomic E-state index is 0.00713. The van der Waals surface area contributed by atoms with Crippen LogP contribution in [0.5, 0.6) is 11.5 Å². The largest absolute Gasteiger partial charge is 0.496 e. The Balaban J connectivity index is 1.63. The number of methoxy groups -OCH3 is 1. The Hall–Kier alpha value is -3.73. The predicted molar refractivity (Wildman–Crippen MR) is 108 cm³/mol. The first kappa shape index (κ1) is 22.9. The highest BCUT2D eigenvalue weighted by Crippen LogP contribution is 2.31. The summed E-state index contributed by atoms with van der Waals surface area (Å²) in [5.41, 5.74) is 5.20. The molecule has 168 valence electrons. The summed E-state index contributed by atoms with van der Waals surface area (Å²) < 4.78 is 49.9. The number of hydrogen-bond donors (Lipinski definition) is 1. The highest BCUT2D eigenvalue weighted by Gasteiger charge is 2.30. The van der Waals surface area contributed by atoms with Crippen LogP contribution in [-0.4, -0.2) is 28.7 Å². The van der Waals surface area contributed by atoms with Gasteiger partial charge in [-0.05, 0) is 42.5 Å². The van der Waals surface area contributed by atoms with Crippen molar-refractivity contribution in [1.82, 2.24) is 9.78 Å². The number of rotatable bonds is 7. The standard InChI is InChI=1S/C20H16ClF3N4O4/c1-30-17-6-5-13(21)10-15(17)18(25)27-32-19(29)16-7-8-28(26-16)11-31-14-4-2-3-12(9-14)20(22,23)24/h2-10H,11H2,1H3,(H2,25,27). The number of nitrogens with zero attached hydrogens (tertiary/aromatic N) is 3. The van der Waals surface area contributed by atoms with E-state index in [1.807, 2.05) is 0 Å². The second-order valence-electron chi connectivity index (χ2n) is 6.24. The second kappa shape index (κ2) is 9.60. The van der Waals surface area contributed by atoms with Crippen molar-refractivity contribution < 1.29 is 32.3 Å². The van der Waals surface area contributed by atoms with Gasteiger partial charge >= 0.3 is 12.1 Å². The first-order chi connectivity index (χ1) is 15.2. The monoisotopic (exact) mass is 468 g/mol. The van der Waals surface area contributed by atoms with Crippen molar-refractivity contribution >= 4 is 23.4 Å². The summed E-state index contributed by atoms with van der Waals surface area (Å²) in [6, 6.07) is 10.4. The zero-order valence-corrected chi connectivity index (χ0v) is 17.2. The molecule has 2 N–H and O–H groups in total. The number of hydrogen-bond acceptors (Lipinski definition) is 6. The molecule has 8 nitrogen and oxygen atoms in total. The smallest absolute Gasteiger partial charge is 0.416 e. The Kier molecular flexibility index (Phi) is 6.89. The molecule has 0 saturated heterocycles. The van der Waals surface area contributed by atoms with Crippen LogP contribution in [-0.2, 0) is 17.7 Å². The molecule has 0 bridgehead atoms. The first-order valence-electron chi connectivity index (χ1n) is 8.89. The zero-order chi connectivity index (χ0) is 23.3. The summed E-state index contributed by atoms with van der Waals surface area (Å²) in [5.74, 6) is -0.688. The van der Waals surface area contributed by atoms with E-state index in [2.05, 4.69) is 10.3 Å². The second-order valence-corrected chi connectivity index (χ2v) is 6.68. The summed E-state index contributed by atoms with van der Waals surface area (Å²) in [7, 11) is 1.43. The number of carbonyl (C=O) groups is 1. The average molecular weight is 469 g/mol. The van der Waals surface area contributed by atoms with E-state index in [-0.39, 0.29) is 24.0 Å². The lowest BCUT2D eigenvalue weighted by atomic mass is 10.2. The minimum atomic E-state index is -4.49. The van der Waals surface area contributed by atoms with Gasteiger partial charge in [-0.15, -0.1) is 0 Å². The summed E-state index contributed by atoms with van der Waals surface area (Å²) in [4.78, 5) is 17.0. The molecule has 0 unspecified atom stereocenters. The molecule has 0 amide bonds. The molecule has 1 aromatic heterocycles. The molecule has 3 aromatic rings. The minimum Gasteiger partial charge on any atom is -0.496 e. The number of benzene rings is 2. The molecular weight excluding hydrogens is 453 g/mol. The molecule has 3 rings (SSSR count). The molecular formula is C20H16ClF3N4O4. The molecule has 1 heterocycles. The molecule has 0 saturated carbocycles. The third kappa shape index (κ3) is 5.70. The highest BCUT2D eigenvalue weighted by atomic mass is 35.5. The van der Waals surface area contributed by atoms with Crippen molar-refractivity contribution in [3.8, 4) is 11.5 Å². The van der Waals surface area contributed by atoms with Gasteiger partial charge in [0.05, 0.1) is 18.2 Å². The van der Waals surface area contributed by atoms with E-state index in [1.54, 1.807) is 12.1 Å². The number of amidine groups is 1. The Morgan fingerprint density at radius 2 is 2.00 bits per heavy atom. The molecule has 0 radical (unpaired) electrons. The molecule has 12 heteroatoms. The quantitative estimate of drug-likeness (QED) is 0.243. The van der Waals surface area contributed by atoms with E-state index in [0.717, 1.165) is 12.1 Å². The number of halogens is 4.